The Bertz CT molecular complexity index is 494. The first-order valence-corrected chi connectivity index (χ1v) is 6.55. The highest BCUT2D eigenvalue weighted by molar-refractivity contribution is 5.89. The first kappa shape index (κ1) is 17.5. The topological polar surface area (TPSA) is 0 Å². The lowest BCUT2D eigenvalue weighted by Crippen LogP contribution is -2.06. The van der Waals surface area contributed by atoms with Crippen LogP contribution in [0, 0.1) is 6.92 Å². The molecule has 3 heteroatoms. The van der Waals surface area contributed by atoms with Gasteiger partial charge in [-0.15, -0.1) is 0 Å². The van der Waals surface area contributed by atoms with Gasteiger partial charge in [0.2, 0.25) is 0 Å². The first-order valence-electron chi connectivity index (χ1n) is 6.55. The Hall–Kier alpha value is -1.51. The number of alkyl halides is 3. The van der Waals surface area contributed by atoms with Crippen LogP contribution < -0.4 is 0 Å². The molecule has 2 aromatic rings. The van der Waals surface area contributed by atoms with Crippen molar-refractivity contribution in [3.8, 4) is 0 Å². The summed E-state index contributed by atoms with van der Waals surface area (Å²) in [5, 5.41) is 0.928. The van der Waals surface area contributed by atoms with Gasteiger partial charge >= 0.3 is 6.18 Å². The zero-order valence-corrected chi connectivity index (χ0v) is 12.1. The first-order chi connectivity index (χ1) is 9.00. The minimum absolute atomic E-state index is 0.299. The number of rotatable bonds is 0. The number of aryl methyl sites for hydroxylation is 1. The molecular weight excluding hydrogens is 249 g/mol. The maximum Gasteiger partial charge on any atom is 0.417 e. The minimum Gasteiger partial charge on any atom is -0.166 e. The smallest absolute Gasteiger partial charge is 0.166 e. The van der Waals surface area contributed by atoms with E-state index in [1.807, 2.05) is 27.7 Å². The van der Waals surface area contributed by atoms with Crippen molar-refractivity contribution < 1.29 is 13.2 Å². The average molecular weight is 270 g/mol. The maximum atomic E-state index is 12.7. The standard InChI is InChI=1S/C12H9F3.2C2H6/c1-8-4-2-5-9-6-3-7-10(11(8)9)12(13,14)15;2*1-2/h2-7H,1H3;2*1-2H3. The fraction of sp³-hybridized carbons (Fsp3) is 0.375. The largest absolute Gasteiger partial charge is 0.417 e. The summed E-state index contributed by atoms with van der Waals surface area (Å²) in [6, 6.07) is 9.39. The zero-order valence-electron chi connectivity index (χ0n) is 12.1. The van der Waals surface area contributed by atoms with Crippen LogP contribution >= 0.6 is 0 Å². The Kier molecular flexibility index (Phi) is 7.20. The Labute approximate surface area is 113 Å². The van der Waals surface area contributed by atoms with Gasteiger partial charge in [-0.25, -0.2) is 0 Å². The Morgan fingerprint density at radius 2 is 1.26 bits per heavy atom. The predicted molar refractivity (Wildman–Crippen MR) is 76.4 cm³/mol. The maximum absolute atomic E-state index is 12.7. The van der Waals surface area contributed by atoms with E-state index in [-0.39, 0.29) is 0 Å². The normalized spacial score (nSPS) is 10.1. The van der Waals surface area contributed by atoms with Crippen molar-refractivity contribution in [2.24, 2.45) is 0 Å². The molecule has 19 heavy (non-hydrogen) atoms. The van der Waals surface area contributed by atoms with Crippen molar-refractivity contribution in [1.29, 1.82) is 0 Å². The van der Waals surface area contributed by atoms with Gasteiger partial charge in [0.05, 0.1) is 5.56 Å². The summed E-state index contributed by atoms with van der Waals surface area (Å²) in [5.41, 5.74) is 0.0959. The summed E-state index contributed by atoms with van der Waals surface area (Å²) in [4.78, 5) is 0. The highest BCUT2D eigenvalue weighted by Crippen LogP contribution is 2.35. The Morgan fingerprint density at radius 3 is 1.74 bits per heavy atom. The van der Waals surface area contributed by atoms with Gasteiger partial charge in [0.25, 0.3) is 0 Å². The summed E-state index contributed by atoms with van der Waals surface area (Å²) in [5.74, 6) is 0. The molecule has 0 amide bonds. The van der Waals surface area contributed by atoms with Crippen molar-refractivity contribution in [2.75, 3.05) is 0 Å². The van der Waals surface area contributed by atoms with E-state index in [1.54, 1.807) is 31.2 Å². The molecule has 0 bridgehead atoms. The Balaban J connectivity index is 0.000000741. The third kappa shape index (κ3) is 4.27. The second-order valence-corrected chi connectivity index (χ2v) is 3.48. The van der Waals surface area contributed by atoms with Gasteiger partial charge in [-0.1, -0.05) is 58.0 Å². The lowest BCUT2D eigenvalue weighted by molar-refractivity contribution is -0.136. The van der Waals surface area contributed by atoms with E-state index in [2.05, 4.69) is 0 Å². The highest BCUT2D eigenvalue weighted by atomic mass is 19.4. The van der Waals surface area contributed by atoms with E-state index in [1.165, 1.54) is 6.07 Å². The van der Waals surface area contributed by atoms with Gasteiger partial charge in [0.15, 0.2) is 0 Å². The van der Waals surface area contributed by atoms with Crippen molar-refractivity contribution in [3.05, 3.63) is 47.5 Å². The number of benzene rings is 2. The van der Waals surface area contributed by atoms with Crippen molar-refractivity contribution >= 4 is 10.8 Å². The quantitative estimate of drug-likeness (QED) is 0.533. The average Bonchev–Trinajstić information content (AvgIpc) is 2.42. The zero-order chi connectivity index (χ0) is 15.1. The van der Waals surface area contributed by atoms with Crippen LogP contribution in [0.1, 0.15) is 38.8 Å². The molecule has 0 aliphatic rings. The van der Waals surface area contributed by atoms with Gasteiger partial charge in [-0.3, -0.25) is 0 Å². The van der Waals surface area contributed by atoms with Gasteiger partial charge in [-0.2, -0.15) is 13.2 Å². The number of hydrogen-bond acceptors (Lipinski definition) is 0. The molecule has 2 aromatic carbocycles. The van der Waals surface area contributed by atoms with Crippen LogP contribution in [-0.2, 0) is 6.18 Å². The molecule has 0 fully saturated rings. The van der Waals surface area contributed by atoms with E-state index >= 15 is 0 Å². The molecule has 2 rings (SSSR count). The van der Waals surface area contributed by atoms with E-state index in [0.717, 1.165) is 6.07 Å². The van der Waals surface area contributed by atoms with Crippen LogP contribution in [0.25, 0.3) is 10.8 Å². The molecular formula is C16H21F3. The summed E-state index contributed by atoms with van der Waals surface area (Å²) >= 11 is 0. The number of fused-ring (bicyclic) bond motifs is 1. The molecule has 0 atom stereocenters. The molecule has 106 valence electrons. The van der Waals surface area contributed by atoms with Crippen molar-refractivity contribution in [1.82, 2.24) is 0 Å². The predicted octanol–water partition coefficient (Wildman–Crippen LogP) is 6.22. The van der Waals surface area contributed by atoms with Crippen LogP contribution in [0.3, 0.4) is 0 Å². The molecule has 0 aliphatic heterocycles. The lowest BCUT2D eigenvalue weighted by atomic mass is 10.00. The molecule has 0 nitrogen and oxygen atoms in total. The summed E-state index contributed by atoms with van der Waals surface area (Å²) in [6.45, 7) is 9.69. The monoisotopic (exact) mass is 270 g/mol. The fourth-order valence-corrected chi connectivity index (χ4v) is 1.76. The van der Waals surface area contributed by atoms with Gasteiger partial charge in [0.1, 0.15) is 0 Å². The van der Waals surface area contributed by atoms with E-state index in [0.29, 0.717) is 16.3 Å². The van der Waals surface area contributed by atoms with Crippen LogP contribution in [0.2, 0.25) is 0 Å². The van der Waals surface area contributed by atoms with Gasteiger partial charge < -0.3 is 0 Å². The van der Waals surface area contributed by atoms with Crippen molar-refractivity contribution in [3.63, 3.8) is 0 Å². The molecule has 0 radical (unpaired) electrons. The summed E-state index contributed by atoms with van der Waals surface area (Å²) < 4.78 is 38.1. The fourth-order valence-electron chi connectivity index (χ4n) is 1.76. The number of hydrogen-bond donors (Lipinski definition) is 0. The molecule has 0 aliphatic carbocycles. The molecule has 0 unspecified atom stereocenters. The van der Waals surface area contributed by atoms with Gasteiger partial charge in [-0.05, 0) is 29.3 Å². The van der Waals surface area contributed by atoms with Crippen LogP contribution in [0.5, 0.6) is 0 Å². The van der Waals surface area contributed by atoms with Crippen LogP contribution in [0.15, 0.2) is 36.4 Å². The van der Waals surface area contributed by atoms with Gasteiger partial charge in [0, 0.05) is 0 Å². The molecule has 0 N–H and O–H groups in total. The lowest BCUT2D eigenvalue weighted by Gasteiger charge is -2.11. The molecule has 0 heterocycles. The van der Waals surface area contributed by atoms with E-state index in [4.69, 9.17) is 0 Å². The SMILES string of the molecule is CC.CC.Cc1cccc2cccc(C(F)(F)F)c12. The highest BCUT2D eigenvalue weighted by Gasteiger charge is 2.32. The van der Waals surface area contributed by atoms with E-state index < -0.39 is 11.7 Å². The Morgan fingerprint density at radius 1 is 0.789 bits per heavy atom. The second kappa shape index (κ2) is 7.82. The number of halogens is 3. The van der Waals surface area contributed by atoms with Crippen molar-refractivity contribution in [2.45, 2.75) is 40.8 Å². The third-order valence-electron chi connectivity index (χ3n) is 2.42. The van der Waals surface area contributed by atoms with Crippen LogP contribution in [-0.4, -0.2) is 0 Å². The molecule has 0 saturated heterocycles. The minimum atomic E-state index is -4.29. The summed E-state index contributed by atoms with van der Waals surface area (Å²) in [6.07, 6.45) is -4.29. The third-order valence-corrected chi connectivity index (χ3v) is 2.42. The second-order valence-electron chi connectivity index (χ2n) is 3.48. The molecule has 0 aromatic heterocycles. The summed E-state index contributed by atoms with van der Waals surface area (Å²) in [7, 11) is 0. The molecule has 0 saturated carbocycles. The van der Waals surface area contributed by atoms with Crippen LogP contribution in [0.4, 0.5) is 13.2 Å². The van der Waals surface area contributed by atoms with E-state index in [9.17, 15) is 13.2 Å². The molecule has 0 spiro atoms.